The lowest BCUT2D eigenvalue weighted by atomic mass is 9.88. The van der Waals surface area contributed by atoms with Crippen molar-refractivity contribution >= 4 is 17.3 Å². The topological polar surface area (TPSA) is 40.1 Å². The highest BCUT2D eigenvalue weighted by atomic mass is 32.1. The Labute approximate surface area is 175 Å². The Morgan fingerprint density at radius 1 is 1.36 bits per heavy atom. The van der Waals surface area contributed by atoms with Gasteiger partial charge in [-0.2, -0.15) is 0 Å². The van der Waals surface area contributed by atoms with Gasteiger partial charge in [0, 0.05) is 50.8 Å². The monoisotopic (exact) mass is 406 g/mol. The maximum absolute atomic E-state index is 5.49. The molecule has 1 N–H and O–H groups in total. The van der Waals surface area contributed by atoms with Gasteiger partial charge in [-0.3, -0.25) is 9.89 Å². The van der Waals surface area contributed by atoms with Crippen molar-refractivity contribution in [3.63, 3.8) is 0 Å². The molecule has 1 aromatic rings. The fourth-order valence-corrected chi connectivity index (χ4v) is 5.53. The summed E-state index contributed by atoms with van der Waals surface area (Å²) in [6.07, 6.45) is 6.18. The van der Waals surface area contributed by atoms with Gasteiger partial charge >= 0.3 is 0 Å². The molecule has 0 aromatic carbocycles. The van der Waals surface area contributed by atoms with E-state index in [0.29, 0.717) is 12.0 Å². The van der Waals surface area contributed by atoms with Crippen LogP contribution in [0.15, 0.2) is 22.5 Å². The van der Waals surface area contributed by atoms with E-state index < -0.39 is 0 Å². The first kappa shape index (κ1) is 21.6. The molecule has 28 heavy (non-hydrogen) atoms. The lowest BCUT2D eigenvalue weighted by Crippen LogP contribution is -2.41. The van der Waals surface area contributed by atoms with Crippen LogP contribution in [0.2, 0.25) is 0 Å². The van der Waals surface area contributed by atoms with Crippen molar-refractivity contribution in [2.24, 2.45) is 16.8 Å². The maximum atomic E-state index is 5.49. The third-order valence-electron chi connectivity index (χ3n) is 6.23. The van der Waals surface area contributed by atoms with E-state index in [1.165, 1.54) is 43.5 Å². The molecular formula is C22H38N4OS. The van der Waals surface area contributed by atoms with E-state index in [2.05, 4.69) is 53.6 Å². The fraction of sp³-hybridized carbons (Fsp3) is 0.773. The minimum atomic E-state index is 0.507. The number of nitrogens with zero attached hydrogens (tertiary/aromatic N) is 3. The van der Waals surface area contributed by atoms with Crippen LogP contribution >= 0.6 is 11.3 Å². The number of likely N-dealkylation sites (tertiary alicyclic amines) is 1. The van der Waals surface area contributed by atoms with Crippen LogP contribution in [0.4, 0.5) is 0 Å². The minimum Gasteiger partial charge on any atom is -0.381 e. The molecule has 0 spiro atoms. The Balaban J connectivity index is 1.60. The number of guanidine groups is 1. The zero-order chi connectivity index (χ0) is 19.8. The summed E-state index contributed by atoms with van der Waals surface area (Å²) >= 11 is 1.89. The molecule has 0 bridgehead atoms. The second kappa shape index (κ2) is 11.2. The minimum absolute atomic E-state index is 0.507. The smallest absolute Gasteiger partial charge is 0.193 e. The SMILES string of the molecule is CCNC(=NCC1CCCN(C)C1c1cccs1)N(C)CCC1CCOCC1. The molecule has 0 radical (unpaired) electrons. The second-order valence-electron chi connectivity index (χ2n) is 8.30. The van der Waals surface area contributed by atoms with Gasteiger partial charge in [-0.15, -0.1) is 11.3 Å². The second-order valence-corrected chi connectivity index (χ2v) is 9.28. The van der Waals surface area contributed by atoms with Crippen molar-refractivity contribution in [2.75, 3.05) is 53.5 Å². The van der Waals surface area contributed by atoms with Crippen molar-refractivity contribution < 1.29 is 4.74 Å². The van der Waals surface area contributed by atoms with Crippen molar-refractivity contribution in [2.45, 2.75) is 45.1 Å². The molecule has 1 aromatic heterocycles. The van der Waals surface area contributed by atoms with Crippen molar-refractivity contribution in [3.8, 4) is 0 Å². The van der Waals surface area contributed by atoms with Gasteiger partial charge in [-0.1, -0.05) is 6.07 Å². The molecule has 2 atom stereocenters. The highest BCUT2D eigenvalue weighted by molar-refractivity contribution is 7.10. The number of ether oxygens (including phenoxy) is 1. The molecule has 0 amide bonds. The van der Waals surface area contributed by atoms with E-state index in [1.807, 2.05) is 11.3 Å². The van der Waals surface area contributed by atoms with Gasteiger partial charge in [0.2, 0.25) is 0 Å². The standard InChI is InChI=1S/C22H38N4OS/c1-4-23-22(26(3)13-9-18-10-14-27-15-11-18)24-17-19-7-5-12-25(2)21(19)20-8-6-16-28-20/h6,8,16,18-19,21H,4-5,7,9-15,17H2,1-3H3,(H,23,24). The van der Waals surface area contributed by atoms with Crippen molar-refractivity contribution in [1.29, 1.82) is 0 Å². The summed E-state index contributed by atoms with van der Waals surface area (Å²) in [6, 6.07) is 4.98. The van der Waals surface area contributed by atoms with Crippen molar-refractivity contribution in [3.05, 3.63) is 22.4 Å². The number of thiophene rings is 1. The number of rotatable bonds is 7. The number of aliphatic imine (C=N–C) groups is 1. The first-order valence-electron chi connectivity index (χ1n) is 11.0. The molecule has 3 rings (SSSR count). The van der Waals surface area contributed by atoms with Crippen LogP contribution in [-0.4, -0.2) is 69.2 Å². The third-order valence-corrected chi connectivity index (χ3v) is 7.17. The zero-order valence-corrected chi connectivity index (χ0v) is 18.7. The Morgan fingerprint density at radius 2 is 2.18 bits per heavy atom. The molecule has 6 heteroatoms. The van der Waals surface area contributed by atoms with Gasteiger partial charge < -0.3 is 15.0 Å². The lowest BCUT2D eigenvalue weighted by molar-refractivity contribution is 0.0625. The highest BCUT2D eigenvalue weighted by Crippen LogP contribution is 2.37. The van der Waals surface area contributed by atoms with E-state index in [0.717, 1.165) is 44.7 Å². The van der Waals surface area contributed by atoms with E-state index >= 15 is 0 Å². The first-order valence-corrected chi connectivity index (χ1v) is 11.9. The number of piperidine rings is 1. The van der Waals surface area contributed by atoms with Crippen molar-refractivity contribution in [1.82, 2.24) is 15.1 Å². The quantitative estimate of drug-likeness (QED) is 0.552. The number of nitrogens with one attached hydrogen (secondary N) is 1. The zero-order valence-electron chi connectivity index (χ0n) is 17.9. The Morgan fingerprint density at radius 3 is 2.89 bits per heavy atom. The molecule has 2 unspecified atom stereocenters. The fourth-order valence-electron chi connectivity index (χ4n) is 4.55. The Kier molecular flexibility index (Phi) is 8.62. The lowest BCUT2D eigenvalue weighted by Gasteiger charge is -2.38. The van der Waals surface area contributed by atoms with E-state index in [9.17, 15) is 0 Å². The normalized spacial score (nSPS) is 25.0. The molecule has 5 nitrogen and oxygen atoms in total. The van der Waals surface area contributed by atoms with Gasteiger partial charge in [0.25, 0.3) is 0 Å². The van der Waals surface area contributed by atoms with E-state index in [-0.39, 0.29) is 0 Å². The van der Waals surface area contributed by atoms with Crippen LogP contribution < -0.4 is 5.32 Å². The predicted octanol–water partition coefficient (Wildman–Crippen LogP) is 3.85. The molecule has 2 saturated heterocycles. The summed E-state index contributed by atoms with van der Waals surface area (Å²) in [6.45, 7) is 8.09. The Bertz CT molecular complexity index is 585. The van der Waals surface area contributed by atoms with Gasteiger partial charge in [-0.05, 0) is 75.9 Å². The Hall–Kier alpha value is -1.11. The molecule has 0 saturated carbocycles. The maximum Gasteiger partial charge on any atom is 0.193 e. The number of hydrogen-bond donors (Lipinski definition) is 1. The number of hydrogen-bond acceptors (Lipinski definition) is 4. The molecule has 2 fully saturated rings. The van der Waals surface area contributed by atoms with Gasteiger partial charge in [-0.25, -0.2) is 0 Å². The first-order chi connectivity index (χ1) is 13.7. The average Bonchev–Trinajstić information content (AvgIpc) is 3.24. The average molecular weight is 407 g/mol. The summed E-state index contributed by atoms with van der Waals surface area (Å²) in [5, 5.41) is 5.71. The largest absolute Gasteiger partial charge is 0.381 e. The van der Waals surface area contributed by atoms with Crippen LogP contribution in [0.3, 0.4) is 0 Å². The summed E-state index contributed by atoms with van der Waals surface area (Å²) < 4.78 is 5.49. The van der Waals surface area contributed by atoms with E-state index in [1.54, 1.807) is 0 Å². The highest BCUT2D eigenvalue weighted by Gasteiger charge is 2.31. The van der Waals surface area contributed by atoms with Crippen LogP contribution in [0.25, 0.3) is 0 Å². The molecule has 2 aliphatic heterocycles. The summed E-state index contributed by atoms with van der Waals surface area (Å²) in [7, 11) is 4.45. The van der Waals surface area contributed by atoms with E-state index in [4.69, 9.17) is 9.73 Å². The molecule has 2 aliphatic rings. The third kappa shape index (κ3) is 5.94. The van der Waals surface area contributed by atoms with Crippen LogP contribution in [0.1, 0.15) is 49.9 Å². The predicted molar refractivity (Wildman–Crippen MR) is 119 cm³/mol. The van der Waals surface area contributed by atoms with Gasteiger partial charge in [0.15, 0.2) is 5.96 Å². The molecular weight excluding hydrogens is 368 g/mol. The summed E-state index contributed by atoms with van der Waals surface area (Å²) in [4.78, 5) is 11.4. The molecule has 3 heterocycles. The summed E-state index contributed by atoms with van der Waals surface area (Å²) in [5.41, 5.74) is 0. The molecule has 0 aliphatic carbocycles. The van der Waals surface area contributed by atoms with Crippen LogP contribution in [0.5, 0.6) is 0 Å². The van der Waals surface area contributed by atoms with Gasteiger partial charge in [0.05, 0.1) is 0 Å². The summed E-state index contributed by atoms with van der Waals surface area (Å²) in [5.74, 6) is 2.46. The van der Waals surface area contributed by atoms with Crippen LogP contribution in [0, 0.1) is 11.8 Å². The van der Waals surface area contributed by atoms with Gasteiger partial charge in [0.1, 0.15) is 0 Å². The van der Waals surface area contributed by atoms with Crippen LogP contribution in [-0.2, 0) is 4.74 Å². The molecule has 158 valence electrons.